The van der Waals surface area contributed by atoms with Crippen LogP contribution in [0.2, 0.25) is 0 Å². The number of carbonyl (C=O) groups excluding carboxylic acids is 2. The molecule has 28 heavy (non-hydrogen) atoms. The molecule has 1 aliphatic heterocycles. The lowest BCUT2D eigenvalue weighted by Gasteiger charge is -2.24. The average molecular weight is 387 g/mol. The molecule has 1 fully saturated rings. The van der Waals surface area contributed by atoms with Gasteiger partial charge in [0.05, 0.1) is 7.11 Å². The van der Waals surface area contributed by atoms with E-state index in [0.717, 1.165) is 43.5 Å². The molecule has 1 unspecified atom stereocenters. The lowest BCUT2D eigenvalue weighted by Crippen LogP contribution is -2.43. The molecule has 0 radical (unpaired) electrons. The number of hydrogen-bond acceptors (Lipinski definition) is 3. The molecular formula is C23H34N2O3. The van der Waals surface area contributed by atoms with Crippen molar-refractivity contribution in [2.75, 3.05) is 19.0 Å². The summed E-state index contributed by atoms with van der Waals surface area (Å²) in [5.41, 5.74) is 0.724. The van der Waals surface area contributed by atoms with Crippen LogP contribution in [0.15, 0.2) is 36.9 Å². The van der Waals surface area contributed by atoms with Gasteiger partial charge in [-0.15, -0.1) is 6.58 Å². The smallest absolute Gasteiger partial charge is 0.247 e. The Morgan fingerprint density at radius 3 is 2.50 bits per heavy atom. The van der Waals surface area contributed by atoms with Crippen molar-refractivity contribution in [3.05, 3.63) is 36.9 Å². The van der Waals surface area contributed by atoms with Crippen molar-refractivity contribution in [1.82, 2.24) is 4.90 Å². The van der Waals surface area contributed by atoms with Crippen LogP contribution in [0.3, 0.4) is 0 Å². The lowest BCUT2D eigenvalue weighted by atomic mass is 10.1. The predicted molar refractivity (Wildman–Crippen MR) is 113 cm³/mol. The summed E-state index contributed by atoms with van der Waals surface area (Å²) in [6, 6.07) is 6.89. The predicted octanol–water partition coefficient (Wildman–Crippen LogP) is 4.93. The van der Waals surface area contributed by atoms with E-state index >= 15 is 0 Å². The molecule has 0 bridgehead atoms. The van der Waals surface area contributed by atoms with Crippen LogP contribution in [0.1, 0.15) is 64.2 Å². The number of likely N-dealkylation sites (tertiary alicyclic amines) is 1. The van der Waals surface area contributed by atoms with E-state index in [1.165, 1.54) is 25.7 Å². The van der Waals surface area contributed by atoms with Gasteiger partial charge in [-0.05, 0) is 56.4 Å². The minimum atomic E-state index is -0.353. The van der Waals surface area contributed by atoms with E-state index in [-0.39, 0.29) is 17.9 Å². The first-order valence-electron chi connectivity index (χ1n) is 10.5. The summed E-state index contributed by atoms with van der Waals surface area (Å²) in [7, 11) is 1.61. The number of benzene rings is 1. The van der Waals surface area contributed by atoms with E-state index in [1.807, 2.05) is 30.3 Å². The number of nitrogens with zero attached hydrogens (tertiary/aromatic N) is 1. The number of allylic oxidation sites excluding steroid dienone is 1. The number of rotatable bonds is 12. The molecule has 0 aliphatic carbocycles. The van der Waals surface area contributed by atoms with Gasteiger partial charge in [0.25, 0.3) is 0 Å². The number of carbonyl (C=O) groups is 2. The molecule has 1 aromatic carbocycles. The summed E-state index contributed by atoms with van der Waals surface area (Å²) in [6.07, 6.45) is 12.0. The normalized spacial score (nSPS) is 16.0. The van der Waals surface area contributed by atoms with Crippen molar-refractivity contribution in [1.29, 1.82) is 0 Å². The van der Waals surface area contributed by atoms with Gasteiger partial charge in [0, 0.05) is 18.7 Å². The van der Waals surface area contributed by atoms with Gasteiger partial charge in [-0.25, -0.2) is 0 Å². The molecule has 0 spiro atoms. The van der Waals surface area contributed by atoms with Crippen molar-refractivity contribution in [2.24, 2.45) is 0 Å². The Morgan fingerprint density at radius 2 is 1.82 bits per heavy atom. The fourth-order valence-electron chi connectivity index (χ4n) is 3.65. The molecule has 154 valence electrons. The topological polar surface area (TPSA) is 58.6 Å². The van der Waals surface area contributed by atoms with E-state index in [9.17, 15) is 9.59 Å². The van der Waals surface area contributed by atoms with Crippen molar-refractivity contribution >= 4 is 17.5 Å². The van der Waals surface area contributed by atoms with Gasteiger partial charge in [-0.1, -0.05) is 31.8 Å². The molecule has 2 rings (SSSR count). The van der Waals surface area contributed by atoms with Crippen LogP contribution < -0.4 is 10.1 Å². The minimum absolute atomic E-state index is 0.0989. The first-order valence-corrected chi connectivity index (χ1v) is 10.5. The molecule has 5 nitrogen and oxygen atoms in total. The number of anilines is 1. The maximum absolute atomic E-state index is 12.6. The molecule has 5 heteroatoms. The van der Waals surface area contributed by atoms with Gasteiger partial charge in [-0.3, -0.25) is 9.59 Å². The van der Waals surface area contributed by atoms with Crippen LogP contribution in [-0.4, -0.2) is 36.4 Å². The third-order valence-electron chi connectivity index (χ3n) is 5.28. The zero-order valence-corrected chi connectivity index (χ0v) is 17.1. The molecule has 1 saturated heterocycles. The van der Waals surface area contributed by atoms with Crippen molar-refractivity contribution in [2.45, 2.75) is 70.3 Å². The number of hydrogen-bond donors (Lipinski definition) is 1. The van der Waals surface area contributed by atoms with Crippen LogP contribution in [-0.2, 0) is 9.59 Å². The molecule has 0 saturated carbocycles. The Bertz CT molecular complexity index is 627. The first kappa shape index (κ1) is 22.0. The molecule has 1 aliphatic rings. The first-order chi connectivity index (χ1) is 13.7. The van der Waals surface area contributed by atoms with Gasteiger partial charge in [0.1, 0.15) is 11.8 Å². The number of unbranched alkanes of at least 4 members (excludes halogenated alkanes) is 6. The second-order valence-corrected chi connectivity index (χ2v) is 7.41. The number of methoxy groups -OCH3 is 1. The monoisotopic (exact) mass is 386 g/mol. The summed E-state index contributed by atoms with van der Waals surface area (Å²) < 4.78 is 5.13. The Balaban J connectivity index is 1.72. The molecule has 1 heterocycles. The van der Waals surface area contributed by atoms with Crippen molar-refractivity contribution in [3.8, 4) is 5.75 Å². The average Bonchev–Trinajstić information content (AvgIpc) is 3.20. The molecule has 1 N–H and O–H groups in total. The zero-order valence-electron chi connectivity index (χ0n) is 17.1. The summed E-state index contributed by atoms with van der Waals surface area (Å²) in [5.74, 6) is 0.758. The Kier molecular flexibility index (Phi) is 9.60. The highest BCUT2D eigenvalue weighted by Gasteiger charge is 2.33. The van der Waals surface area contributed by atoms with E-state index in [0.29, 0.717) is 13.0 Å². The third kappa shape index (κ3) is 7.02. The second-order valence-electron chi connectivity index (χ2n) is 7.41. The van der Waals surface area contributed by atoms with Crippen molar-refractivity contribution in [3.63, 3.8) is 0 Å². The second kappa shape index (κ2) is 12.2. The van der Waals surface area contributed by atoms with Gasteiger partial charge in [0.15, 0.2) is 0 Å². The van der Waals surface area contributed by atoms with Crippen LogP contribution in [0.25, 0.3) is 0 Å². The molecule has 1 aromatic rings. The minimum Gasteiger partial charge on any atom is -0.497 e. The van der Waals surface area contributed by atoms with Gasteiger partial charge < -0.3 is 15.0 Å². The summed E-state index contributed by atoms with van der Waals surface area (Å²) >= 11 is 0. The van der Waals surface area contributed by atoms with Gasteiger partial charge in [-0.2, -0.15) is 0 Å². The Hall–Kier alpha value is -2.30. The van der Waals surface area contributed by atoms with Gasteiger partial charge >= 0.3 is 0 Å². The van der Waals surface area contributed by atoms with Crippen molar-refractivity contribution < 1.29 is 14.3 Å². The van der Waals surface area contributed by atoms with E-state index in [1.54, 1.807) is 12.0 Å². The third-order valence-corrected chi connectivity index (χ3v) is 5.28. The molecule has 2 amide bonds. The Morgan fingerprint density at radius 1 is 1.14 bits per heavy atom. The van der Waals surface area contributed by atoms with Crippen LogP contribution >= 0.6 is 0 Å². The zero-order chi connectivity index (χ0) is 20.2. The van der Waals surface area contributed by atoms with E-state index < -0.39 is 0 Å². The van der Waals surface area contributed by atoms with Crippen LogP contribution in [0.4, 0.5) is 5.69 Å². The highest BCUT2D eigenvalue weighted by Crippen LogP contribution is 2.22. The number of ether oxygens (including phenoxy) is 1. The maximum atomic E-state index is 12.6. The lowest BCUT2D eigenvalue weighted by molar-refractivity contribution is -0.136. The SMILES string of the molecule is C=CCCCCCCCCC(=O)N1CCCC1C(=O)Nc1ccc(OC)cc1. The number of amides is 2. The van der Waals surface area contributed by atoms with Crippen LogP contribution in [0.5, 0.6) is 5.75 Å². The highest BCUT2D eigenvalue weighted by atomic mass is 16.5. The largest absolute Gasteiger partial charge is 0.497 e. The summed E-state index contributed by atoms with van der Waals surface area (Å²) in [6.45, 7) is 4.42. The Labute approximate surface area is 169 Å². The summed E-state index contributed by atoms with van der Waals surface area (Å²) in [4.78, 5) is 27.0. The van der Waals surface area contributed by atoms with Gasteiger partial charge in [0.2, 0.25) is 11.8 Å². The summed E-state index contributed by atoms with van der Waals surface area (Å²) in [5, 5.41) is 2.93. The molecule has 0 aromatic heterocycles. The quantitative estimate of drug-likeness (QED) is 0.409. The fraction of sp³-hybridized carbons (Fsp3) is 0.565. The molecule has 1 atom stereocenters. The van der Waals surface area contributed by atoms with E-state index in [2.05, 4.69) is 11.9 Å². The fourth-order valence-corrected chi connectivity index (χ4v) is 3.65. The standard InChI is InChI=1S/C23H34N2O3/c1-3-4-5-6-7-8-9-10-13-22(26)25-18-11-12-21(25)23(27)24-19-14-16-20(28-2)17-15-19/h3,14-17,21H,1,4-13,18H2,2H3,(H,24,27). The maximum Gasteiger partial charge on any atom is 0.247 e. The highest BCUT2D eigenvalue weighted by molar-refractivity contribution is 5.97. The molecular weight excluding hydrogens is 352 g/mol. The van der Waals surface area contributed by atoms with E-state index in [4.69, 9.17) is 4.74 Å². The number of nitrogens with one attached hydrogen (secondary N) is 1. The van der Waals surface area contributed by atoms with Crippen LogP contribution in [0, 0.1) is 0 Å².